The quantitative estimate of drug-likeness (QED) is 0.227. The Balaban J connectivity index is 1.62. The van der Waals surface area contributed by atoms with Crippen molar-refractivity contribution in [2.24, 2.45) is 0 Å². The van der Waals surface area contributed by atoms with Crippen LogP contribution in [0.3, 0.4) is 0 Å². The molecule has 0 radical (unpaired) electrons. The van der Waals surface area contributed by atoms with E-state index in [9.17, 15) is 0 Å². The highest BCUT2D eigenvalue weighted by molar-refractivity contribution is 7.56. The van der Waals surface area contributed by atoms with E-state index in [1.165, 1.54) is 44.1 Å². The van der Waals surface area contributed by atoms with Crippen LogP contribution in [0.4, 0.5) is 0 Å². The van der Waals surface area contributed by atoms with Gasteiger partial charge < -0.3 is 9.05 Å². The Morgan fingerprint density at radius 2 is 1.10 bits per heavy atom. The fraction of sp³-hybridized carbons (Fsp3) is 0.308. The molecule has 0 saturated heterocycles. The third-order valence-electron chi connectivity index (χ3n) is 4.83. The highest BCUT2D eigenvalue weighted by Crippen LogP contribution is 2.39. The molecule has 29 heavy (non-hydrogen) atoms. The van der Waals surface area contributed by atoms with E-state index in [1.807, 2.05) is 60.7 Å². The predicted molar refractivity (Wildman–Crippen MR) is 124 cm³/mol. The zero-order chi connectivity index (χ0) is 20.2. The summed E-state index contributed by atoms with van der Waals surface area (Å²) in [5.74, 6) is 1.65. The maximum atomic E-state index is 6.22. The average molecular weight is 407 g/mol. The van der Waals surface area contributed by atoms with Crippen LogP contribution in [0.15, 0.2) is 84.9 Å². The first-order valence-corrected chi connectivity index (χ1v) is 11.9. The lowest BCUT2D eigenvalue weighted by molar-refractivity contribution is 0.502. The summed E-state index contributed by atoms with van der Waals surface area (Å²) in [7, 11) is -1.24. The Hall–Kier alpha value is -2.31. The van der Waals surface area contributed by atoms with Gasteiger partial charge in [0.2, 0.25) is 0 Å². The molecule has 0 amide bonds. The zero-order valence-corrected chi connectivity index (χ0v) is 18.2. The summed E-state index contributed by atoms with van der Waals surface area (Å²) in [6.07, 6.45) is 9.12. The highest BCUT2D eigenvalue weighted by Gasteiger charge is 2.18. The van der Waals surface area contributed by atoms with E-state index < -0.39 is 8.38 Å². The van der Waals surface area contributed by atoms with Gasteiger partial charge in [-0.1, -0.05) is 87.6 Å². The van der Waals surface area contributed by atoms with Gasteiger partial charge in [0, 0.05) is 0 Å². The molecule has 152 valence electrons. The number of hydrogen-bond donors (Lipinski definition) is 0. The maximum Gasteiger partial charge on any atom is 0.326 e. The minimum atomic E-state index is -1.24. The van der Waals surface area contributed by atoms with Crippen molar-refractivity contribution in [3.05, 3.63) is 90.5 Å². The molecule has 0 aliphatic heterocycles. The van der Waals surface area contributed by atoms with Crippen molar-refractivity contribution in [3.8, 4) is 11.5 Å². The van der Waals surface area contributed by atoms with Gasteiger partial charge in [0.15, 0.2) is 0 Å². The van der Waals surface area contributed by atoms with E-state index in [1.54, 1.807) is 0 Å². The monoisotopic (exact) mass is 406 g/mol. The van der Waals surface area contributed by atoms with Crippen molar-refractivity contribution in [3.63, 3.8) is 0 Å². The second-order valence-electron chi connectivity index (χ2n) is 7.25. The van der Waals surface area contributed by atoms with Gasteiger partial charge in [-0.2, -0.15) is 0 Å². The Kier molecular flexibility index (Phi) is 9.07. The molecule has 3 rings (SSSR count). The molecule has 3 heteroatoms. The van der Waals surface area contributed by atoms with Gasteiger partial charge in [0.1, 0.15) is 11.5 Å². The van der Waals surface area contributed by atoms with Crippen molar-refractivity contribution in [1.82, 2.24) is 0 Å². The average Bonchev–Trinajstić information content (AvgIpc) is 2.78. The van der Waals surface area contributed by atoms with Crippen LogP contribution in [0.25, 0.3) is 0 Å². The topological polar surface area (TPSA) is 18.5 Å². The number of aryl methyl sites for hydroxylation is 1. The van der Waals surface area contributed by atoms with Gasteiger partial charge in [-0.25, -0.2) is 0 Å². The third kappa shape index (κ3) is 7.55. The molecular weight excluding hydrogens is 375 g/mol. The molecule has 0 bridgehead atoms. The van der Waals surface area contributed by atoms with Crippen molar-refractivity contribution in [1.29, 1.82) is 0 Å². The second kappa shape index (κ2) is 12.3. The van der Waals surface area contributed by atoms with Crippen LogP contribution in [0, 0.1) is 0 Å². The lowest BCUT2D eigenvalue weighted by atomic mass is 10.1. The molecule has 0 fully saturated rings. The Morgan fingerprint density at radius 1 is 0.586 bits per heavy atom. The molecule has 3 aromatic rings. The van der Waals surface area contributed by atoms with Crippen LogP contribution in [-0.2, 0) is 6.42 Å². The lowest BCUT2D eigenvalue weighted by Gasteiger charge is -2.19. The van der Waals surface area contributed by atoms with Crippen molar-refractivity contribution in [2.75, 3.05) is 0 Å². The molecule has 0 atom stereocenters. The molecule has 0 saturated carbocycles. The highest BCUT2D eigenvalue weighted by atomic mass is 31.2. The summed E-state index contributed by atoms with van der Waals surface area (Å²) in [4.78, 5) is 0. The van der Waals surface area contributed by atoms with E-state index in [4.69, 9.17) is 9.05 Å². The van der Waals surface area contributed by atoms with Crippen LogP contribution >= 0.6 is 8.38 Å². The van der Waals surface area contributed by atoms with Crippen LogP contribution < -0.4 is 14.4 Å². The van der Waals surface area contributed by atoms with Crippen molar-refractivity contribution >= 4 is 13.7 Å². The maximum absolute atomic E-state index is 6.22. The van der Waals surface area contributed by atoms with Crippen molar-refractivity contribution < 1.29 is 9.05 Å². The number of hydrogen-bond acceptors (Lipinski definition) is 2. The van der Waals surface area contributed by atoms with E-state index in [-0.39, 0.29) is 0 Å². The Labute approximate surface area is 176 Å². The van der Waals surface area contributed by atoms with Crippen LogP contribution in [0.1, 0.15) is 51.0 Å². The van der Waals surface area contributed by atoms with Crippen LogP contribution in [0.2, 0.25) is 0 Å². The summed E-state index contributed by atoms with van der Waals surface area (Å²) in [6, 6.07) is 28.5. The van der Waals surface area contributed by atoms with E-state index in [0.29, 0.717) is 0 Å². The number of rotatable bonds is 12. The molecule has 3 aromatic carbocycles. The Morgan fingerprint density at radius 3 is 1.66 bits per heavy atom. The number of benzene rings is 3. The predicted octanol–water partition coefficient (Wildman–Crippen LogP) is 7.68. The van der Waals surface area contributed by atoms with Gasteiger partial charge in [0.25, 0.3) is 0 Å². The fourth-order valence-corrected chi connectivity index (χ4v) is 4.44. The standard InChI is InChI=1S/C26H31O2P/c1-2-3-4-5-6-9-14-23-19-21-26(22-20-23)29(27-24-15-10-7-11-16-24)28-25-17-12-8-13-18-25/h7-8,10-13,15-22H,2-6,9,14H2,1H3. The van der Waals surface area contributed by atoms with E-state index in [0.717, 1.165) is 23.2 Å². The largest absolute Gasteiger partial charge is 0.435 e. The summed E-state index contributed by atoms with van der Waals surface area (Å²) in [5, 5.41) is 1.08. The minimum absolute atomic E-state index is 0.825. The summed E-state index contributed by atoms with van der Waals surface area (Å²) in [6.45, 7) is 2.26. The molecule has 0 aliphatic carbocycles. The molecule has 0 aliphatic rings. The van der Waals surface area contributed by atoms with Crippen molar-refractivity contribution in [2.45, 2.75) is 51.9 Å². The number of para-hydroxylation sites is 2. The van der Waals surface area contributed by atoms with Gasteiger partial charge in [-0.3, -0.25) is 0 Å². The normalized spacial score (nSPS) is 10.8. The molecule has 0 spiro atoms. The van der Waals surface area contributed by atoms with Gasteiger partial charge in [0.05, 0.1) is 5.30 Å². The molecule has 0 N–H and O–H groups in total. The second-order valence-corrected chi connectivity index (χ2v) is 8.65. The van der Waals surface area contributed by atoms with Crippen LogP contribution in [-0.4, -0.2) is 0 Å². The Bertz CT molecular complexity index is 762. The van der Waals surface area contributed by atoms with Gasteiger partial charge >= 0.3 is 8.38 Å². The fourth-order valence-electron chi connectivity index (χ4n) is 3.17. The molecule has 0 unspecified atom stereocenters. The molecular formula is C26H31O2P. The lowest BCUT2D eigenvalue weighted by Crippen LogP contribution is -2.10. The molecule has 0 heterocycles. The summed E-state index contributed by atoms with van der Waals surface area (Å²) < 4.78 is 12.4. The van der Waals surface area contributed by atoms with Crippen LogP contribution in [0.5, 0.6) is 11.5 Å². The zero-order valence-electron chi connectivity index (χ0n) is 17.3. The summed E-state index contributed by atoms with van der Waals surface area (Å²) >= 11 is 0. The van der Waals surface area contributed by atoms with E-state index >= 15 is 0 Å². The smallest absolute Gasteiger partial charge is 0.326 e. The third-order valence-corrected chi connectivity index (χ3v) is 6.30. The molecule has 2 nitrogen and oxygen atoms in total. The summed E-state index contributed by atoms with van der Waals surface area (Å²) in [5.41, 5.74) is 1.39. The SMILES string of the molecule is CCCCCCCCc1ccc(P(Oc2ccccc2)Oc2ccccc2)cc1. The number of unbranched alkanes of at least 4 members (excludes halogenated alkanes) is 5. The first kappa shape index (κ1) is 21.4. The van der Waals surface area contributed by atoms with Gasteiger partial charge in [-0.15, -0.1) is 0 Å². The van der Waals surface area contributed by atoms with Gasteiger partial charge in [-0.05, 0) is 54.8 Å². The molecule has 0 aromatic heterocycles. The van der Waals surface area contributed by atoms with E-state index in [2.05, 4.69) is 31.2 Å². The first-order valence-electron chi connectivity index (χ1n) is 10.7. The minimum Gasteiger partial charge on any atom is -0.435 e. The first-order chi connectivity index (χ1) is 14.3.